The highest BCUT2D eigenvalue weighted by molar-refractivity contribution is 7.80. The van der Waals surface area contributed by atoms with Crippen LogP contribution in [0.4, 0.5) is 0 Å². The number of phenolic OH excluding ortho intramolecular Hbond substituents is 1. The lowest BCUT2D eigenvalue weighted by molar-refractivity contribution is 0.261. The lowest BCUT2D eigenvalue weighted by atomic mass is 10.2. The van der Waals surface area contributed by atoms with Gasteiger partial charge in [-0.2, -0.15) is 0 Å². The number of rotatable bonds is 3. The fourth-order valence-corrected chi connectivity index (χ4v) is 1.73. The summed E-state index contributed by atoms with van der Waals surface area (Å²) in [5.41, 5.74) is 0.811. The van der Waals surface area contributed by atoms with Gasteiger partial charge in [0.15, 0.2) is 5.05 Å². The molecule has 1 aliphatic rings. The normalized spacial score (nSPS) is 16.2. The SMILES string of the molecule is Oc1ccc(C(=S)OCC2NCCN2)cc1. The van der Waals surface area contributed by atoms with Gasteiger partial charge in [0.05, 0.1) is 6.17 Å². The number of nitrogens with one attached hydrogen (secondary N) is 2. The second-order valence-corrected chi connectivity index (χ2v) is 3.98. The van der Waals surface area contributed by atoms with E-state index in [0.717, 1.165) is 18.7 Å². The largest absolute Gasteiger partial charge is 0.508 e. The summed E-state index contributed by atoms with van der Waals surface area (Å²) in [6, 6.07) is 6.68. The molecule has 1 heterocycles. The molecule has 0 aromatic heterocycles. The fraction of sp³-hybridized carbons (Fsp3) is 0.364. The quantitative estimate of drug-likeness (QED) is 0.673. The molecule has 2 rings (SSSR count). The molecule has 86 valence electrons. The van der Waals surface area contributed by atoms with Crippen LogP contribution >= 0.6 is 12.2 Å². The van der Waals surface area contributed by atoms with Crippen LogP contribution in [0.1, 0.15) is 5.56 Å². The predicted octanol–water partition coefficient (Wildman–Crippen LogP) is 0.603. The Morgan fingerprint density at radius 2 is 1.94 bits per heavy atom. The van der Waals surface area contributed by atoms with Gasteiger partial charge in [0.1, 0.15) is 12.4 Å². The maximum atomic E-state index is 9.14. The molecule has 0 unspecified atom stereocenters. The van der Waals surface area contributed by atoms with Gasteiger partial charge in [-0.3, -0.25) is 10.6 Å². The highest BCUT2D eigenvalue weighted by atomic mass is 32.1. The number of thiocarbonyl (C=S) groups is 1. The summed E-state index contributed by atoms with van der Waals surface area (Å²) in [5, 5.41) is 16.1. The van der Waals surface area contributed by atoms with Crippen molar-refractivity contribution in [2.24, 2.45) is 0 Å². The van der Waals surface area contributed by atoms with Crippen molar-refractivity contribution >= 4 is 17.3 Å². The van der Waals surface area contributed by atoms with Crippen LogP contribution in [0.15, 0.2) is 24.3 Å². The van der Waals surface area contributed by atoms with Crippen molar-refractivity contribution in [3.05, 3.63) is 29.8 Å². The van der Waals surface area contributed by atoms with Gasteiger partial charge in [-0.15, -0.1) is 0 Å². The van der Waals surface area contributed by atoms with Gasteiger partial charge >= 0.3 is 0 Å². The zero-order valence-electron chi connectivity index (χ0n) is 8.77. The maximum Gasteiger partial charge on any atom is 0.191 e. The third-order valence-corrected chi connectivity index (χ3v) is 2.74. The molecule has 16 heavy (non-hydrogen) atoms. The summed E-state index contributed by atoms with van der Waals surface area (Å²) < 4.78 is 5.48. The standard InChI is InChI=1S/C11H14N2O2S/c14-9-3-1-8(2-4-9)11(16)15-7-10-12-5-6-13-10/h1-4,10,12-14H,5-7H2. The zero-order chi connectivity index (χ0) is 11.4. The van der Waals surface area contributed by atoms with E-state index in [2.05, 4.69) is 10.6 Å². The molecule has 1 aromatic rings. The van der Waals surface area contributed by atoms with Gasteiger partial charge in [-0.25, -0.2) is 0 Å². The molecular weight excluding hydrogens is 224 g/mol. The molecule has 0 saturated carbocycles. The van der Waals surface area contributed by atoms with Gasteiger partial charge in [0, 0.05) is 18.7 Å². The average Bonchev–Trinajstić information content (AvgIpc) is 2.80. The summed E-state index contributed by atoms with van der Waals surface area (Å²) >= 11 is 5.14. The van der Waals surface area contributed by atoms with E-state index in [1.807, 2.05) is 0 Å². The average molecular weight is 238 g/mol. The Kier molecular flexibility index (Phi) is 3.71. The molecule has 1 aliphatic heterocycles. The Bertz CT molecular complexity index is 361. The van der Waals surface area contributed by atoms with Crippen LogP contribution in [0.2, 0.25) is 0 Å². The molecule has 0 aliphatic carbocycles. The topological polar surface area (TPSA) is 53.5 Å². The minimum atomic E-state index is 0.176. The van der Waals surface area contributed by atoms with Gasteiger partial charge in [0.2, 0.25) is 0 Å². The first-order valence-corrected chi connectivity index (χ1v) is 5.59. The molecule has 1 aromatic carbocycles. The van der Waals surface area contributed by atoms with Gasteiger partial charge in [-0.05, 0) is 36.5 Å². The molecule has 1 saturated heterocycles. The van der Waals surface area contributed by atoms with Crippen molar-refractivity contribution in [2.75, 3.05) is 19.7 Å². The minimum Gasteiger partial charge on any atom is -0.508 e. The predicted molar refractivity (Wildman–Crippen MR) is 65.6 cm³/mol. The van der Waals surface area contributed by atoms with E-state index in [4.69, 9.17) is 22.1 Å². The van der Waals surface area contributed by atoms with Crippen LogP contribution in [0.5, 0.6) is 5.75 Å². The molecule has 5 heteroatoms. The molecule has 4 nitrogen and oxygen atoms in total. The molecule has 3 N–H and O–H groups in total. The highest BCUT2D eigenvalue weighted by Crippen LogP contribution is 2.11. The molecule has 0 radical (unpaired) electrons. The first-order valence-electron chi connectivity index (χ1n) is 5.18. The van der Waals surface area contributed by atoms with Crippen molar-refractivity contribution in [3.8, 4) is 5.75 Å². The van der Waals surface area contributed by atoms with E-state index in [9.17, 15) is 0 Å². The van der Waals surface area contributed by atoms with E-state index >= 15 is 0 Å². The molecular formula is C11H14N2O2S. The van der Waals surface area contributed by atoms with E-state index in [1.165, 1.54) is 0 Å². The van der Waals surface area contributed by atoms with Crippen molar-refractivity contribution in [2.45, 2.75) is 6.17 Å². The van der Waals surface area contributed by atoms with Crippen LogP contribution < -0.4 is 10.6 Å². The Morgan fingerprint density at radius 1 is 1.31 bits per heavy atom. The number of hydrogen-bond donors (Lipinski definition) is 3. The van der Waals surface area contributed by atoms with Crippen LogP contribution in [0.3, 0.4) is 0 Å². The highest BCUT2D eigenvalue weighted by Gasteiger charge is 2.14. The van der Waals surface area contributed by atoms with Gasteiger partial charge in [0.25, 0.3) is 0 Å². The van der Waals surface area contributed by atoms with Crippen molar-refractivity contribution < 1.29 is 9.84 Å². The van der Waals surface area contributed by atoms with E-state index in [1.54, 1.807) is 24.3 Å². The Hall–Kier alpha value is -1.17. The molecule has 1 fully saturated rings. The first-order chi connectivity index (χ1) is 7.75. The summed E-state index contributed by atoms with van der Waals surface area (Å²) in [5.74, 6) is 0.227. The van der Waals surface area contributed by atoms with Gasteiger partial charge in [-0.1, -0.05) is 0 Å². The number of hydrogen-bond acceptors (Lipinski definition) is 5. The summed E-state index contributed by atoms with van der Waals surface area (Å²) in [7, 11) is 0. The number of ether oxygens (including phenoxy) is 1. The summed E-state index contributed by atoms with van der Waals surface area (Å²) in [6.45, 7) is 2.43. The Morgan fingerprint density at radius 3 is 2.56 bits per heavy atom. The molecule has 0 spiro atoms. The van der Waals surface area contributed by atoms with E-state index < -0.39 is 0 Å². The monoisotopic (exact) mass is 238 g/mol. The number of aromatic hydroxyl groups is 1. The third kappa shape index (κ3) is 2.91. The number of benzene rings is 1. The lowest BCUT2D eigenvalue weighted by Gasteiger charge is -2.13. The molecule has 0 bridgehead atoms. The van der Waals surface area contributed by atoms with Crippen LogP contribution in [0, 0.1) is 0 Å². The smallest absolute Gasteiger partial charge is 0.191 e. The zero-order valence-corrected chi connectivity index (χ0v) is 9.59. The summed E-state index contributed by atoms with van der Waals surface area (Å²) in [6.07, 6.45) is 0.176. The van der Waals surface area contributed by atoms with E-state index in [0.29, 0.717) is 11.7 Å². The second-order valence-electron chi connectivity index (χ2n) is 3.61. The lowest BCUT2D eigenvalue weighted by Crippen LogP contribution is -2.36. The first kappa shape index (κ1) is 11.3. The fourth-order valence-electron chi connectivity index (χ4n) is 1.52. The molecule has 0 atom stereocenters. The van der Waals surface area contributed by atoms with Crippen molar-refractivity contribution in [3.63, 3.8) is 0 Å². The van der Waals surface area contributed by atoms with Crippen LogP contribution in [-0.2, 0) is 4.74 Å². The van der Waals surface area contributed by atoms with Crippen LogP contribution in [-0.4, -0.2) is 36.0 Å². The Balaban J connectivity index is 1.85. The van der Waals surface area contributed by atoms with Crippen molar-refractivity contribution in [1.82, 2.24) is 10.6 Å². The van der Waals surface area contributed by atoms with Crippen LogP contribution in [0.25, 0.3) is 0 Å². The minimum absolute atomic E-state index is 0.176. The number of phenols is 1. The maximum absolute atomic E-state index is 9.14. The third-order valence-electron chi connectivity index (χ3n) is 2.39. The van der Waals surface area contributed by atoms with E-state index in [-0.39, 0.29) is 11.9 Å². The second kappa shape index (κ2) is 5.25. The van der Waals surface area contributed by atoms with Crippen molar-refractivity contribution in [1.29, 1.82) is 0 Å². The summed E-state index contributed by atoms with van der Waals surface area (Å²) in [4.78, 5) is 0. The molecule has 0 amide bonds. The van der Waals surface area contributed by atoms with Gasteiger partial charge < -0.3 is 9.84 Å². The Labute approximate surface area is 99.6 Å².